The number of hydrogen-bond donors (Lipinski definition) is 0. The van der Waals surface area contributed by atoms with Crippen LogP contribution in [0.25, 0.3) is 10.9 Å². The molecular formula is C25H30N2O3S2. The van der Waals surface area contributed by atoms with E-state index in [2.05, 4.69) is 22.4 Å². The zero-order valence-corrected chi connectivity index (χ0v) is 20.1. The lowest BCUT2D eigenvalue weighted by Gasteiger charge is -2.36. The number of pyridine rings is 1. The summed E-state index contributed by atoms with van der Waals surface area (Å²) in [5.74, 6) is 2.29. The number of methoxy groups -OCH3 is 1. The first-order valence-electron chi connectivity index (χ1n) is 11.2. The Balaban J connectivity index is 1.31. The number of likely N-dealkylation sites (tertiary alicyclic amines) is 1. The second-order valence-electron chi connectivity index (χ2n) is 8.32. The van der Waals surface area contributed by atoms with Crippen molar-refractivity contribution < 1.29 is 9.53 Å². The number of hydrogen-bond acceptors (Lipinski definition) is 6. The van der Waals surface area contributed by atoms with Gasteiger partial charge in [0.1, 0.15) is 12.0 Å². The molecule has 4 rings (SSSR count). The Morgan fingerprint density at radius 1 is 1.22 bits per heavy atom. The van der Waals surface area contributed by atoms with E-state index < -0.39 is 0 Å². The van der Waals surface area contributed by atoms with E-state index in [0.717, 1.165) is 67.6 Å². The highest BCUT2D eigenvalue weighted by Gasteiger charge is 2.28. The van der Waals surface area contributed by atoms with Crippen molar-refractivity contribution in [2.45, 2.75) is 30.0 Å². The van der Waals surface area contributed by atoms with Crippen LogP contribution in [0.15, 0.2) is 56.8 Å². The summed E-state index contributed by atoms with van der Waals surface area (Å²) in [6.07, 6.45) is 4.05. The average Bonchev–Trinajstić information content (AvgIpc) is 3.34. The minimum absolute atomic E-state index is 0.00995. The Morgan fingerprint density at radius 3 is 2.88 bits per heavy atom. The second-order valence-corrected chi connectivity index (χ2v) is 10.7. The van der Waals surface area contributed by atoms with Gasteiger partial charge in [-0.2, -0.15) is 0 Å². The smallest absolute Gasteiger partial charge is 0.251 e. The van der Waals surface area contributed by atoms with Crippen molar-refractivity contribution in [2.24, 2.45) is 11.8 Å². The maximum Gasteiger partial charge on any atom is 0.251 e. The van der Waals surface area contributed by atoms with Crippen LogP contribution in [-0.4, -0.2) is 48.3 Å². The SMILES string of the molecule is COc1ccc2ccc(=O)n(CCCC3CCN(CCSc4cccs4)CC3C=O)c2c1. The Morgan fingerprint density at radius 2 is 2.09 bits per heavy atom. The van der Waals surface area contributed by atoms with E-state index in [9.17, 15) is 9.59 Å². The quantitative estimate of drug-likeness (QED) is 0.315. The monoisotopic (exact) mass is 470 g/mol. The van der Waals surface area contributed by atoms with Crippen LogP contribution in [0.3, 0.4) is 0 Å². The van der Waals surface area contributed by atoms with Crippen LogP contribution >= 0.6 is 23.1 Å². The maximum atomic E-state index is 12.5. The Hall–Kier alpha value is -2.09. The topological polar surface area (TPSA) is 51.5 Å². The van der Waals surface area contributed by atoms with Crippen LogP contribution in [0.4, 0.5) is 0 Å². The Kier molecular flexibility index (Phi) is 8.05. The zero-order chi connectivity index (χ0) is 22.3. The van der Waals surface area contributed by atoms with Crippen molar-refractivity contribution in [3.05, 3.63) is 58.2 Å². The highest BCUT2D eigenvalue weighted by molar-refractivity contribution is 8.01. The molecule has 0 spiro atoms. The molecule has 1 aliphatic heterocycles. The van der Waals surface area contributed by atoms with Crippen LogP contribution in [0.5, 0.6) is 5.75 Å². The van der Waals surface area contributed by atoms with Gasteiger partial charge in [-0.1, -0.05) is 6.07 Å². The van der Waals surface area contributed by atoms with E-state index in [0.29, 0.717) is 12.5 Å². The molecule has 1 aliphatic rings. The first kappa shape index (κ1) is 23.1. The average molecular weight is 471 g/mol. The number of aromatic nitrogens is 1. The second kappa shape index (κ2) is 11.2. The van der Waals surface area contributed by atoms with E-state index in [1.54, 1.807) is 24.5 Å². The van der Waals surface area contributed by atoms with Gasteiger partial charge in [0.15, 0.2) is 0 Å². The molecule has 0 amide bonds. The molecule has 7 heteroatoms. The largest absolute Gasteiger partial charge is 0.497 e. The predicted molar refractivity (Wildman–Crippen MR) is 133 cm³/mol. The van der Waals surface area contributed by atoms with Gasteiger partial charge < -0.3 is 19.0 Å². The molecule has 0 radical (unpaired) electrons. The zero-order valence-electron chi connectivity index (χ0n) is 18.4. The number of ether oxygens (including phenoxy) is 1. The summed E-state index contributed by atoms with van der Waals surface area (Å²) < 4.78 is 8.54. The minimum atomic E-state index is 0.00995. The molecule has 5 nitrogen and oxygen atoms in total. The lowest BCUT2D eigenvalue weighted by molar-refractivity contribution is -0.114. The molecular weight excluding hydrogens is 440 g/mol. The van der Waals surface area contributed by atoms with E-state index >= 15 is 0 Å². The van der Waals surface area contributed by atoms with Gasteiger partial charge in [-0.05, 0) is 66.8 Å². The third kappa shape index (κ3) is 5.63. The van der Waals surface area contributed by atoms with E-state index in [1.165, 1.54) is 4.21 Å². The number of piperidine rings is 1. The lowest BCUT2D eigenvalue weighted by Crippen LogP contribution is -2.42. The first-order chi connectivity index (χ1) is 15.7. The molecule has 2 unspecified atom stereocenters. The highest BCUT2D eigenvalue weighted by atomic mass is 32.2. The lowest BCUT2D eigenvalue weighted by atomic mass is 9.83. The number of nitrogens with zero attached hydrogens (tertiary/aromatic N) is 2. The number of carbonyl (C=O) groups is 1. The van der Waals surface area contributed by atoms with Gasteiger partial charge >= 0.3 is 0 Å². The van der Waals surface area contributed by atoms with Gasteiger partial charge in [0.2, 0.25) is 0 Å². The third-order valence-electron chi connectivity index (χ3n) is 6.37. The number of rotatable bonds is 10. The summed E-state index contributed by atoms with van der Waals surface area (Å²) in [4.78, 5) is 26.8. The molecule has 0 aliphatic carbocycles. The number of aldehydes is 1. The van der Waals surface area contributed by atoms with Crippen molar-refractivity contribution in [3.8, 4) is 5.75 Å². The molecule has 0 saturated carbocycles. The van der Waals surface area contributed by atoms with Crippen molar-refractivity contribution in [3.63, 3.8) is 0 Å². The van der Waals surface area contributed by atoms with Gasteiger partial charge in [0, 0.05) is 43.4 Å². The van der Waals surface area contributed by atoms with Crippen molar-refractivity contribution in [2.75, 3.05) is 32.5 Å². The fraction of sp³-hybridized carbons (Fsp3) is 0.440. The molecule has 32 heavy (non-hydrogen) atoms. The standard InChI is InChI=1S/C25H30N2O3S2/c1-30-22-8-6-20-7-9-24(29)27(23(20)16-22)11-2-4-19-10-12-26(17-21(19)18-28)13-15-32-25-5-3-14-31-25/h3,5-9,14,16,18-19,21H,2,4,10-13,15,17H2,1H3. The molecule has 2 aromatic heterocycles. The van der Waals surface area contributed by atoms with Crippen LogP contribution in [-0.2, 0) is 11.3 Å². The first-order valence-corrected chi connectivity index (χ1v) is 13.1. The number of thiophene rings is 1. The highest BCUT2D eigenvalue weighted by Crippen LogP contribution is 2.28. The normalized spacial score (nSPS) is 19.3. The van der Waals surface area contributed by atoms with E-state index in [4.69, 9.17) is 4.74 Å². The number of aryl methyl sites for hydroxylation is 1. The molecule has 0 N–H and O–H groups in total. The summed E-state index contributed by atoms with van der Waals surface area (Å²) >= 11 is 3.68. The van der Waals surface area contributed by atoms with E-state index in [-0.39, 0.29) is 11.5 Å². The molecule has 0 bridgehead atoms. The molecule has 3 aromatic rings. The van der Waals surface area contributed by atoms with Crippen molar-refractivity contribution in [1.29, 1.82) is 0 Å². The van der Waals surface area contributed by atoms with Crippen LogP contribution in [0, 0.1) is 11.8 Å². The van der Waals surface area contributed by atoms with Gasteiger partial charge in [0.05, 0.1) is 16.8 Å². The molecule has 170 valence electrons. The van der Waals surface area contributed by atoms with Gasteiger partial charge in [-0.25, -0.2) is 0 Å². The van der Waals surface area contributed by atoms with Gasteiger partial charge in [-0.15, -0.1) is 23.1 Å². The Bertz CT molecular complexity index is 1080. The van der Waals surface area contributed by atoms with Gasteiger partial charge in [-0.3, -0.25) is 4.79 Å². The molecule has 1 fully saturated rings. The number of benzene rings is 1. The molecule has 1 saturated heterocycles. The summed E-state index contributed by atoms with van der Waals surface area (Å²) in [6.45, 7) is 3.58. The van der Waals surface area contributed by atoms with Gasteiger partial charge in [0.25, 0.3) is 5.56 Å². The minimum Gasteiger partial charge on any atom is -0.497 e. The maximum absolute atomic E-state index is 12.5. The fourth-order valence-electron chi connectivity index (χ4n) is 4.57. The predicted octanol–water partition coefficient (Wildman–Crippen LogP) is 4.78. The van der Waals surface area contributed by atoms with E-state index in [1.807, 2.05) is 40.6 Å². The fourth-order valence-corrected chi connectivity index (χ4v) is 6.44. The number of carbonyl (C=O) groups excluding carboxylic acids is 1. The van der Waals surface area contributed by atoms with Crippen molar-refractivity contribution in [1.82, 2.24) is 9.47 Å². The summed E-state index contributed by atoms with van der Waals surface area (Å²) in [5, 5.41) is 3.14. The summed E-state index contributed by atoms with van der Waals surface area (Å²) in [7, 11) is 1.64. The van der Waals surface area contributed by atoms with Crippen molar-refractivity contribution >= 4 is 40.3 Å². The molecule has 1 aromatic carbocycles. The summed E-state index contributed by atoms with van der Waals surface area (Å²) in [5.41, 5.74) is 0.914. The van der Waals surface area contributed by atoms with Crippen LogP contribution in [0.2, 0.25) is 0 Å². The number of fused-ring (bicyclic) bond motifs is 1. The summed E-state index contributed by atoms with van der Waals surface area (Å²) in [6, 6.07) is 13.6. The van der Waals surface area contributed by atoms with Crippen LogP contribution < -0.4 is 10.3 Å². The molecule has 2 atom stereocenters. The Labute approximate surface area is 197 Å². The number of thioether (sulfide) groups is 1. The third-order valence-corrected chi connectivity index (χ3v) is 8.48. The molecule has 3 heterocycles. The van der Waals surface area contributed by atoms with Crippen LogP contribution in [0.1, 0.15) is 19.3 Å².